The van der Waals surface area contributed by atoms with E-state index >= 15 is 0 Å². The molecule has 0 saturated carbocycles. The van der Waals surface area contributed by atoms with Gasteiger partial charge in [-0.15, -0.1) is 0 Å². The third-order valence-electron chi connectivity index (χ3n) is 6.10. The van der Waals surface area contributed by atoms with Gasteiger partial charge in [0.15, 0.2) is 0 Å². The predicted molar refractivity (Wildman–Crippen MR) is 101 cm³/mol. The lowest BCUT2D eigenvalue weighted by Gasteiger charge is -2.49. The fraction of sp³-hybridized carbons (Fsp3) is 0.619. The van der Waals surface area contributed by atoms with Gasteiger partial charge in [0.05, 0.1) is 12.0 Å². The van der Waals surface area contributed by atoms with E-state index in [0.717, 1.165) is 31.4 Å². The minimum Gasteiger partial charge on any atom is -0.395 e. The van der Waals surface area contributed by atoms with Gasteiger partial charge in [-0.2, -0.15) is 0 Å². The molecular formula is C21H30N2O3. The fourth-order valence-corrected chi connectivity index (χ4v) is 4.51. The van der Waals surface area contributed by atoms with Gasteiger partial charge in [-0.25, -0.2) is 0 Å². The summed E-state index contributed by atoms with van der Waals surface area (Å²) in [5.41, 5.74) is 0.448. The zero-order valence-electron chi connectivity index (χ0n) is 15.9. The lowest BCUT2D eigenvalue weighted by Crippen LogP contribution is -2.57. The molecule has 2 aliphatic heterocycles. The normalized spacial score (nSPS) is 24.2. The molecule has 0 aliphatic carbocycles. The van der Waals surface area contributed by atoms with Gasteiger partial charge in [0.1, 0.15) is 0 Å². The van der Waals surface area contributed by atoms with E-state index in [-0.39, 0.29) is 23.8 Å². The summed E-state index contributed by atoms with van der Waals surface area (Å²) in [6.07, 6.45) is 3.36. The van der Waals surface area contributed by atoms with Crippen molar-refractivity contribution in [3.05, 3.63) is 35.9 Å². The van der Waals surface area contributed by atoms with Crippen LogP contribution in [0.25, 0.3) is 0 Å². The van der Waals surface area contributed by atoms with Gasteiger partial charge in [0.25, 0.3) is 0 Å². The number of carbonyl (C=O) groups excluding carboxylic acids is 2. The van der Waals surface area contributed by atoms with Crippen LogP contribution in [-0.2, 0) is 15.0 Å². The summed E-state index contributed by atoms with van der Waals surface area (Å²) in [5.74, 6) is 0.283. The average Bonchev–Trinajstić information content (AvgIpc) is 2.65. The zero-order valence-corrected chi connectivity index (χ0v) is 15.9. The molecule has 2 aliphatic rings. The van der Waals surface area contributed by atoms with Crippen LogP contribution in [-0.4, -0.2) is 59.5 Å². The van der Waals surface area contributed by atoms with Crippen LogP contribution in [0, 0.1) is 5.41 Å². The second-order valence-corrected chi connectivity index (χ2v) is 8.36. The summed E-state index contributed by atoms with van der Waals surface area (Å²) in [6, 6.07) is 9.94. The molecule has 26 heavy (non-hydrogen) atoms. The number of amides is 2. The van der Waals surface area contributed by atoms with Crippen molar-refractivity contribution in [3.8, 4) is 0 Å². The molecule has 1 spiro atoms. The Morgan fingerprint density at radius 3 is 2.62 bits per heavy atom. The number of β-amino-alcohol motifs (C(OH)–C–C–N with tert-alkyl or cyclic N) is 1. The Balaban J connectivity index is 1.76. The first-order chi connectivity index (χ1) is 12.4. The van der Waals surface area contributed by atoms with Gasteiger partial charge in [0.2, 0.25) is 11.8 Å². The van der Waals surface area contributed by atoms with Crippen molar-refractivity contribution >= 4 is 11.8 Å². The Kier molecular flexibility index (Phi) is 5.37. The minimum atomic E-state index is -0.560. The number of rotatable bonds is 4. The van der Waals surface area contributed by atoms with Crippen LogP contribution in [0.4, 0.5) is 0 Å². The Hall–Kier alpha value is -1.88. The SMILES string of the molecule is CC(C)(C(=O)N1CCC[C@]2(CCC(=O)N(CCO)C2)C1)c1ccccc1. The van der Waals surface area contributed by atoms with Crippen LogP contribution in [0.1, 0.15) is 45.1 Å². The highest BCUT2D eigenvalue weighted by molar-refractivity contribution is 5.87. The van der Waals surface area contributed by atoms with Gasteiger partial charge < -0.3 is 14.9 Å². The fourth-order valence-electron chi connectivity index (χ4n) is 4.51. The summed E-state index contributed by atoms with van der Waals surface area (Å²) in [4.78, 5) is 29.2. The van der Waals surface area contributed by atoms with Gasteiger partial charge in [-0.3, -0.25) is 9.59 Å². The van der Waals surface area contributed by atoms with Crippen LogP contribution < -0.4 is 0 Å². The molecule has 3 rings (SSSR count). The smallest absolute Gasteiger partial charge is 0.232 e. The van der Waals surface area contributed by atoms with Crippen LogP contribution in [0.15, 0.2) is 30.3 Å². The van der Waals surface area contributed by atoms with Crippen molar-refractivity contribution < 1.29 is 14.7 Å². The molecule has 0 bridgehead atoms. The molecule has 0 unspecified atom stereocenters. The summed E-state index contributed by atoms with van der Waals surface area (Å²) in [5, 5.41) is 9.24. The first-order valence-electron chi connectivity index (χ1n) is 9.62. The van der Waals surface area contributed by atoms with E-state index in [1.807, 2.05) is 49.1 Å². The van der Waals surface area contributed by atoms with Gasteiger partial charge in [-0.1, -0.05) is 30.3 Å². The molecule has 5 heteroatoms. The Morgan fingerprint density at radius 1 is 1.19 bits per heavy atom. The predicted octanol–water partition coefficient (Wildman–Crippen LogP) is 2.19. The second-order valence-electron chi connectivity index (χ2n) is 8.36. The largest absolute Gasteiger partial charge is 0.395 e. The number of hydrogen-bond donors (Lipinski definition) is 1. The van der Waals surface area contributed by atoms with Crippen molar-refractivity contribution in [2.24, 2.45) is 5.41 Å². The molecule has 2 saturated heterocycles. The summed E-state index contributed by atoms with van der Waals surface area (Å²) in [6.45, 7) is 6.52. The Labute approximate surface area is 156 Å². The molecule has 1 N–H and O–H groups in total. The summed E-state index contributed by atoms with van der Waals surface area (Å²) < 4.78 is 0. The molecular weight excluding hydrogens is 328 g/mol. The maximum atomic E-state index is 13.3. The van der Waals surface area contributed by atoms with Crippen LogP contribution in [0.3, 0.4) is 0 Å². The van der Waals surface area contributed by atoms with E-state index < -0.39 is 5.41 Å². The molecule has 2 fully saturated rings. The average molecular weight is 358 g/mol. The third kappa shape index (κ3) is 3.63. The van der Waals surface area contributed by atoms with Crippen LogP contribution >= 0.6 is 0 Å². The molecule has 1 atom stereocenters. The zero-order chi connectivity index (χ0) is 18.8. The van der Waals surface area contributed by atoms with Crippen molar-refractivity contribution in [1.29, 1.82) is 0 Å². The number of benzene rings is 1. The Morgan fingerprint density at radius 2 is 1.92 bits per heavy atom. The quantitative estimate of drug-likeness (QED) is 0.897. The summed E-state index contributed by atoms with van der Waals surface area (Å²) >= 11 is 0. The second kappa shape index (κ2) is 7.39. The van der Waals surface area contributed by atoms with Gasteiger partial charge in [0, 0.05) is 38.0 Å². The minimum absolute atomic E-state index is 0.00843. The van der Waals surface area contributed by atoms with E-state index in [0.29, 0.717) is 26.1 Å². The summed E-state index contributed by atoms with van der Waals surface area (Å²) in [7, 11) is 0. The van der Waals surface area contributed by atoms with E-state index in [1.54, 1.807) is 4.90 Å². The monoisotopic (exact) mass is 358 g/mol. The number of hydrogen-bond acceptors (Lipinski definition) is 3. The first-order valence-corrected chi connectivity index (χ1v) is 9.62. The number of piperidine rings is 2. The highest BCUT2D eigenvalue weighted by Gasteiger charge is 2.44. The highest BCUT2D eigenvalue weighted by atomic mass is 16.3. The number of nitrogens with zero attached hydrogens (tertiary/aromatic N) is 2. The van der Waals surface area contributed by atoms with Crippen molar-refractivity contribution in [2.75, 3.05) is 32.8 Å². The Bertz CT molecular complexity index is 658. The van der Waals surface area contributed by atoms with Crippen LogP contribution in [0.5, 0.6) is 0 Å². The molecule has 1 aromatic carbocycles. The van der Waals surface area contributed by atoms with E-state index in [1.165, 1.54) is 0 Å². The van der Waals surface area contributed by atoms with E-state index in [2.05, 4.69) is 0 Å². The van der Waals surface area contributed by atoms with E-state index in [4.69, 9.17) is 0 Å². The molecule has 1 aromatic rings. The number of aliphatic hydroxyl groups is 1. The molecule has 0 radical (unpaired) electrons. The maximum absolute atomic E-state index is 13.3. The molecule has 142 valence electrons. The lowest BCUT2D eigenvalue weighted by molar-refractivity contribution is -0.146. The maximum Gasteiger partial charge on any atom is 0.232 e. The van der Waals surface area contributed by atoms with Crippen LogP contribution in [0.2, 0.25) is 0 Å². The number of aliphatic hydroxyl groups excluding tert-OH is 1. The molecule has 2 heterocycles. The molecule has 5 nitrogen and oxygen atoms in total. The molecule has 0 aromatic heterocycles. The van der Waals surface area contributed by atoms with Crippen molar-refractivity contribution in [2.45, 2.75) is 44.9 Å². The van der Waals surface area contributed by atoms with Crippen molar-refractivity contribution in [1.82, 2.24) is 9.80 Å². The van der Waals surface area contributed by atoms with E-state index in [9.17, 15) is 14.7 Å². The number of likely N-dealkylation sites (tertiary alicyclic amines) is 2. The van der Waals surface area contributed by atoms with Gasteiger partial charge in [-0.05, 0) is 38.7 Å². The number of carbonyl (C=O) groups is 2. The molecule has 2 amide bonds. The van der Waals surface area contributed by atoms with Gasteiger partial charge >= 0.3 is 0 Å². The third-order valence-corrected chi connectivity index (χ3v) is 6.10. The van der Waals surface area contributed by atoms with Crippen molar-refractivity contribution in [3.63, 3.8) is 0 Å². The first kappa shape index (κ1) is 18.9. The highest BCUT2D eigenvalue weighted by Crippen LogP contribution is 2.40. The topological polar surface area (TPSA) is 60.9 Å². The lowest BCUT2D eigenvalue weighted by atomic mass is 9.72. The standard InChI is InChI=1S/C21H30N2O3/c1-20(2,17-7-4-3-5-8-17)19(26)23-12-6-10-21(16-23)11-9-18(25)22(15-21)13-14-24/h3-5,7-8,24H,6,9-16H2,1-2H3/t21-/m1/s1.